The fourth-order valence-corrected chi connectivity index (χ4v) is 12.3. The van der Waals surface area contributed by atoms with Crippen molar-refractivity contribution in [2.45, 2.75) is 34.6 Å². The fourth-order valence-electron chi connectivity index (χ4n) is 8.41. The molecule has 0 bridgehead atoms. The molecule has 2 aromatic heterocycles. The number of hydrogen-bond donors (Lipinski definition) is 3. The molecule has 1 saturated heterocycles. The van der Waals surface area contributed by atoms with Crippen LogP contribution in [0.25, 0.3) is 45.9 Å². The minimum atomic E-state index is -0.0547. The van der Waals surface area contributed by atoms with Crippen molar-refractivity contribution in [3.63, 3.8) is 0 Å². The van der Waals surface area contributed by atoms with Gasteiger partial charge in [-0.25, -0.2) is 0 Å². The van der Waals surface area contributed by atoms with Crippen molar-refractivity contribution in [3.8, 4) is 0 Å². The van der Waals surface area contributed by atoms with E-state index in [9.17, 15) is 0 Å². The summed E-state index contributed by atoms with van der Waals surface area (Å²) in [6, 6.07) is 48.9. The van der Waals surface area contributed by atoms with Crippen LogP contribution >= 0.6 is 34.4 Å². The highest BCUT2D eigenvalue weighted by atomic mass is 32.2. The maximum Gasteiger partial charge on any atom is 0.0875 e. The summed E-state index contributed by atoms with van der Waals surface area (Å²) in [6.45, 7) is 0. The minimum absolute atomic E-state index is 0.0275. The second-order valence-corrected chi connectivity index (χ2v) is 17.0. The largest absolute Gasteiger partial charge is 0.279 e. The first kappa shape index (κ1) is 30.1. The Morgan fingerprint density at radius 2 is 1.14 bits per heavy atom. The van der Waals surface area contributed by atoms with E-state index in [1.54, 1.807) is 0 Å². The summed E-state index contributed by atoms with van der Waals surface area (Å²) in [4.78, 5) is 1.39. The van der Waals surface area contributed by atoms with E-state index in [-0.39, 0.29) is 18.5 Å². The van der Waals surface area contributed by atoms with Gasteiger partial charge in [0.25, 0.3) is 0 Å². The standard InChI is InChI=1S/C45H33N3S3/c1-2-11-26(12-3-1)43-46-44(34-18-10-22-38-40(34)33-14-5-7-21-37(33)49-38)48-45(47-43)35-19-9-17-32-30-24-23-27(25-39(30)51-42(32)35)28-15-8-16-31-29-13-4-6-20-36(29)50-41(28)31/h1-25,30,39,43-48H. The third-order valence-electron chi connectivity index (χ3n) is 10.8. The van der Waals surface area contributed by atoms with Gasteiger partial charge in [-0.3, -0.25) is 16.0 Å². The number of thioether (sulfide) groups is 1. The number of hydrogen-bond acceptors (Lipinski definition) is 6. The molecule has 0 radical (unpaired) electrons. The second-order valence-electron chi connectivity index (χ2n) is 13.7. The number of allylic oxidation sites excluding steroid dienone is 3. The van der Waals surface area contributed by atoms with Crippen molar-refractivity contribution < 1.29 is 0 Å². The van der Waals surface area contributed by atoms with Crippen LogP contribution in [-0.2, 0) is 0 Å². The Morgan fingerprint density at radius 3 is 2.02 bits per heavy atom. The molecule has 3 nitrogen and oxygen atoms in total. The van der Waals surface area contributed by atoms with E-state index in [4.69, 9.17) is 0 Å². The van der Waals surface area contributed by atoms with Crippen molar-refractivity contribution in [1.29, 1.82) is 0 Å². The van der Waals surface area contributed by atoms with Gasteiger partial charge >= 0.3 is 0 Å². The lowest BCUT2D eigenvalue weighted by Crippen LogP contribution is -2.54. The van der Waals surface area contributed by atoms with Crippen LogP contribution in [0.4, 0.5) is 0 Å². The quantitative estimate of drug-likeness (QED) is 0.170. The average Bonchev–Trinajstić information content (AvgIpc) is 3.89. The molecule has 1 aliphatic carbocycles. The maximum atomic E-state index is 4.05. The summed E-state index contributed by atoms with van der Waals surface area (Å²) in [5.74, 6) is 0.351. The highest BCUT2D eigenvalue weighted by molar-refractivity contribution is 8.00. The number of benzene rings is 6. The van der Waals surface area contributed by atoms with Crippen LogP contribution in [0.1, 0.15) is 52.2 Å². The molecule has 6 aromatic carbocycles. The van der Waals surface area contributed by atoms with Crippen LogP contribution in [-0.4, -0.2) is 5.25 Å². The molecular formula is C45H33N3S3. The van der Waals surface area contributed by atoms with Crippen LogP contribution in [0.5, 0.6) is 0 Å². The number of thiophene rings is 2. The zero-order valence-corrected chi connectivity index (χ0v) is 30.0. The highest BCUT2D eigenvalue weighted by Gasteiger charge is 2.38. The number of rotatable bonds is 4. The van der Waals surface area contributed by atoms with Crippen LogP contribution in [0, 0.1) is 0 Å². The van der Waals surface area contributed by atoms with Crippen molar-refractivity contribution in [2.24, 2.45) is 0 Å². The summed E-state index contributed by atoms with van der Waals surface area (Å²) in [7, 11) is 0. The van der Waals surface area contributed by atoms with Gasteiger partial charge in [0.15, 0.2) is 0 Å². The monoisotopic (exact) mass is 711 g/mol. The van der Waals surface area contributed by atoms with Gasteiger partial charge in [-0.05, 0) is 51.6 Å². The van der Waals surface area contributed by atoms with Gasteiger partial charge in [0.2, 0.25) is 0 Å². The lowest BCUT2D eigenvalue weighted by atomic mass is 9.87. The third kappa shape index (κ3) is 4.90. The van der Waals surface area contributed by atoms with Crippen LogP contribution in [0.3, 0.4) is 0 Å². The Morgan fingerprint density at radius 1 is 0.490 bits per heavy atom. The Hall–Kier alpha value is -4.53. The molecule has 5 unspecified atom stereocenters. The molecule has 246 valence electrons. The van der Waals surface area contributed by atoms with Crippen LogP contribution < -0.4 is 16.0 Å². The fraction of sp³-hybridized carbons (Fsp3) is 0.111. The van der Waals surface area contributed by atoms with Gasteiger partial charge in [-0.2, -0.15) is 0 Å². The van der Waals surface area contributed by atoms with Gasteiger partial charge in [-0.1, -0.05) is 133 Å². The lowest BCUT2D eigenvalue weighted by molar-refractivity contribution is 0.202. The molecule has 6 heteroatoms. The third-order valence-corrected chi connectivity index (χ3v) is 14.5. The van der Waals surface area contributed by atoms with Crippen molar-refractivity contribution in [2.75, 3.05) is 0 Å². The molecule has 5 atom stereocenters. The molecule has 0 spiro atoms. The summed E-state index contributed by atoms with van der Waals surface area (Å²) in [6.07, 6.45) is 7.22. The molecule has 0 saturated carbocycles. The van der Waals surface area contributed by atoms with Gasteiger partial charge < -0.3 is 0 Å². The van der Waals surface area contributed by atoms with E-state index in [2.05, 4.69) is 168 Å². The Kier molecular flexibility index (Phi) is 7.10. The molecule has 11 rings (SSSR count). The Balaban J connectivity index is 0.976. The van der Waals surface area contributed by atoms with Gasteiger partial charge in [0.05, 0.1) is 18.5 Å². The minimum Gasteiger partial charge on any atom is -0.279 e. The zero-order valence-electron chi connectivity index (χ0n) is 27.5. The molecule has 3 N–H and O–H groups in total. The van der Waals surface area contributed by atoms with E-state index >= 15 is 0 Å². The molecular weight excluding hydrogens is 679 g/mol. The van der Waals surface area contributed by atoms with E-state index in [0.717, 1.165) is 0 Å². The molecule has 2 aliphatic heterocycles. The summed E-state index contributed by atoms with van der Waals surface area (Å²) in [5, 5.41) is 17.7. The van der Waals surface area contributed by atoms with Crippen molar-refractivity contribution in [1.82, 2.24) is 16.0 Å². The van der Waals surface area contributed by atoms with Crippen LogP contribution in [0.2, 0.25) is 0 Å². The number of nitrogens with one attached hydrogen (secondary N) is 3. The zero-order chi connectivity index (χ0) is 33.5. The topological polar surface area (TPSA) is 36.1 Å². The smallest absolute Gasteiger partial charge is 0.0875 e. The molecule has 3 aliphatic rings. The van der Waals surface area contributed by atoms with E-state index in [0.29, 0.717) is 11.2 Å². The Bertz CT molecular complexity index is 2710. The molecule has 51 heavy (non-hydrogen) atoms. The SMILES string of the molecule is C1=CC2c3cccc(C4NC(c5ccccc5)NC(c5cccc6sc7ccccc7c56)N4)c3SC2C=C1c1cccc2c1sc1ccccc12. The lowest BCUT2D eigenvalue weighted by Gasteiger charge is -2.40. The van der Waals surface area contributed by atoms with E-state index in [1.165, 1.54) is 78.6 Å². The maximum absolute atomic E-state index is 4.05. The van der Waals surface area contributed by atoms with Crippen molar-refractivity contribution >= 4 is 80.4 Å². The van der Waals surface area contributed by atoms with Crippen LogP contribution in [0.15, 0.2) is 157 Å². The number of fused-ring (bicyclic) bond motifs is 9. The predicted molar refractivity (Wildman–Crippen MR) is 219 cm³/mol. The van der Waals surface area contributed by atoms with Crippen molar-refractivity contribution in [3.05, 3.63) is 180 Å². The normalized spacial score (nSPS) is 22.8. The second kappa shape index (κ2) is 12.0. The average molecular weight is 712 g/mol. The van der Waals surface area contributed by atoms with E-state index in [1.807, 2.05) is 34.4 Å². The highest BCUT2D eigenvalue weighted by Crippen LogP contribution is 2.53. The molecule has 4 heterocycles. The summed E-state index contributed by atoms with van der Waals surface area (Å²) < 4.78 is 5.38. The van der Waals surface area contributed by atoms with E-state index < -0.39 is 0 Å². The first-order valence-corrected chi connectivity index (χ1v) is 20.1. The Labute approximate surface area is 308 Å². The molecule has 0 amide bonds. The van der Waals surface area contributed by atoms with Gasteiger partial charge in [0.1, 0.15) is 0 Å². The molecule has 1 fully saturated rings. The van der Waals surface area contributed by atoms with Gasteiger partial charge in [0, 0.05) is 56.4 Å². The summed E-state index contributed by atoms with van der Waals surface area (Å²) in [5.41, 5.74) is 7.93. The first-order valence-electron chi connectivity index (χ1n) is 17.6. The van der Waals surface area contributed by atoms with Gasteiger partial charge in [-0.15, -0.1) is 34.4 Å². The first-order chi connectivity index (χ1) is 25.3. The predicted octanol–water partition coefficient (Wildman–Crippen LogP) is 11.8. The summed E-state index contributed by atoms with van der Waals surface area (Å²) >= 11 is 5.81. The molecule has 8 aromatic rings.